The van der Waals surface area contributed by atoms with Crippen molar-refractivity contribution in [2.45, 2.75) is 17.9 Å². The van der Waals surface area contributed by atoms with E-state index in [1.807, 2.05) is 13.0 Å². The van der Waals surface area contributed by atoms with Crippen LogP contribution in [0.3, 0.4) is 0 Å². The topological polar surface area (TPSA) is 95.3 Å². The molecular formula is C12H16N4O3S. The van der Waals surface area contributed by atoms with Crippen molar-refractivity contribution in [3.8, 4) is 6.07 Å². The molecule has 7 nitrogen and oxygen atoms in total. The van der Waals surface area contributed by atoms with E-state index >= 15 is 0 Å². The number of nitrogens with zero attached hydrogens (tertiary/aromatic N) is 3. The zero-order valence-electron chi connectivity index (χ0n) is 11.1. The number of pyridine rings is 1. The van der Waals surface area contributed by atoms with Gasteiger partial charge < -0.3 is 10.1 Å². The third kappa shape index (κ3) is 2.90. The summed E-state index contributed by atoms with van der Waals surface area (Å²) in [5.41, 5.74) is 0. The second kappa shape index (κ2) is 6.17. The van der Waals surface area contributed by atoms with Gasteiger partial charge in [0.2, 0.25) is 10.0 Å². The fourth-order valence-electron chi connectivity index (χ4n) is 1.96. The number of nitriles is 1. The Bertz CT molecular complexity index is 611. The monoisotopic (exact) mass is 296 g/mol. The van der Waals surface area contributed by atoms with Crippen molar-refractivity contribution >= 4 is 15.8 Å². The van der Waals surface area contributed by atoms with E-state index in [4.69, 9.17) is 10.00 Å². The molecule has 1 aromatic rings. The molecule has 0 aromatic carbocycles. The maximum absolute atomic E-state index is 12.6. The maximum atomic E-state index is 12.6. The van der Waals surface area contributed by atoms with E-state index in [1.54, 1.807) is 6.07 Å². The molecule has 1 atom stereocenters. The zero-order valence-corrected chi connectivity index (χ0v) is 11.9. The number of hydrogen-bond donors (Lipinski definition) is 1. The molecule has 1 N–H and O–H groups in total. The van der Waals surface area contributed by atoms with Gasteiger partial charge in [-0.05, 0) is 19.1 Å². The van der Waals surface area contributed by atoms with Crippen molar-refractivity contribution in [3.05, 3.63) is 18.3 Å². The van der Waals surface area contributed by atoms with Gasteiger partial charge in [0.25, 0.3) is 0 Å². The maximum Gasteiger partial charge on any atom is 0.246 e. The lowest BCUT2D eigenvalue weighted by molar-refractivity contribution is 0.0311. The Morgan fingerprint density at radius 2 is 2.45 bits per heavy atom. The van der Waals surface area contributed by atoms with Gasteiger partial charge in [-0.2, -0.15) is 9.57 Å². The Kier molecular flexibility index (Phi) is 4.54. The van der Waals surface area contributed by atoms with Gasteiger partial charge in [0, 0.05) is 19.3 Å². The summed E-state index contributed by atoms with van der Waals surface area (Å²) in [6.07, 6.45) is 0.812. The van der Waals surface area contributed by atoms with Crippen LogP contribution in [0.4, 0.5) is 5.82 Å². The standard InChI is InChI=1S/C12H16N4O3S/c1-2-14-12-11(4-3-5-15-12)20(17,18)16-6-7-19-10(8-13)9-16/h3-5,10H,2,6-7,9H2,1H3,(H,14,15). The molecule has 2 rings (SSSR count). The number of nitrogens with one attached hydrogen (secondary N) is 1. The highest BCUT2D eigenvalue weighted by molar-refractivity contribution is 7.89. The molecule has 8 heteroatoms. The quantitative estimate of drug-likeness (QED) is 0.865. The van der Waals surface area contributed by atoms with Crippen LogP contribution in [0.1, 0.15) is 6.92 Å². The van der Waals surface area contributed by atoms with Crippen LogP contribution in [0, 0.1) is 11.3 Å². The molecule has 1 aliphatic heterocycles. The summed E-state index contributed by atoms with van der Waals surface area (Å²) in [7, 11) is -3.68. The van der Waals surface area contributed by atoms with E-state index in [0.717, 1.165) is 0 Å². The summed E-state index contributed by atoms with van der Waals surface area (Å²) < 4.78 is 31.7. The van der Waals surface area contributed by atoms with Gasteiger partial charge >= 0.3 is 0 Å². The summed E-state index contributed by atoms with van der Waals surface area (Å²) in [4.78, 5) is 4.18. The number of hydrogen-bond acceptors (Lipinski definition) is 6. The molecule has 108 valence electrons. The predicted molar refractivity (Wildman–Crippen MR) is 72.5 cm³/mol. The summed E-state index contributed by atoms with van der Waals surface area (Å²) in [5.74, 6) is 0.329. The number of sulfonamides is 1. The second-order valence-electron chi connectivity index (χ2n) is 4.23. The van der Waals surface area contributed by atoms with Gasteiger partial charge in [0.1, 0.15) is 10.7 Å². The highest BCUT2D eigenvalue weighted by atomic mass is 32.2. The van der Waals surface area contributed by atoms with Crippen molar-refractivity contribution in [2.24, 2.45) is 0 Å². The first kappa shape index (κ1) is 14.7. The summed E-state index contributed by atoms with van der Waals surface area (Å²) >= 11 is 0. The molecule has 1 fully saturated rings. The van der Waals surface area contributed by atoms with E-state index < -0.39 is 16.1 Å². The molecule has 0 radical (unpaired) electrons. The lowest BCUT2D eigenvalue weighted by Gasteiger charge is -2.29. The average Bonchev–Trinajstić information content (AvgIpc) is 2.48. The van der Waals surface area contributed by atoms with Crippen molar-refractivity contribution < 1.29 is 13.2 Å². The lowest BCUT2D eigenvalue weighted by Crippen LogP contribution is -2.45. The molecule has 1 saturated heterocycles. The fourth-order valence-corrected chi connectivity index (χ4v) is 3.50. The Hall–Kier alpha value is -1.69. The first-order valence-electron chi connectivity index (χ1n) is 6.30. The molecule has 0 spiro atoms. The zero-order chi connectivity index (χ0) is 14.6. The molecular weight excluding hydrogens is 280 g/mol. The van der Waals surface area contributed by atoms with Crippen molar-refractivity contribution in [3.63, 3.8) is 0 Å². The van der Waals surface area contributed by atoms with Crippen LogP contribution in [0.25, 0.3) is 0 Å². The third-order valence-corrected chi connectivity index (χ3v) is 4.80. The largest absolute Gasteiger partial charge is 0.369 e. The van der Waals surface area contributed by atoms with Crippen LogP contribution in [0.2, 0.25) is 0 Å². The minimum absolute atomic E-state index is 0.0410. The smallest absolute Gasteiger partial charge is 0.246 e. The minimum Gasteiger partial charge on any atom is -0.369 e. The normalized spacial score (nSPS) is 20.3. The van der Waals surface area contributed by atoms with Crippen LogP contribution in [0.15, 0.2) is 23.2 Å². The first-order chi connectivity index (χ1) is 9.59. The van der Waals surface area contributed by atoms with Crippen LogP contribution in [0.5, 0.6) is 0 Å². The highest BCUT2D eigenvalue weighted by Crippen LogP contribution is 2.23. The lowest BCUT2D eigenvalue weighted by atomic mass is 10.3. The number of morpholine rings is 1. The number of aromatic nitrogens is 1. The van der Waals surface area contributed by atoms with E-state index in [1.165, 1.54) is 16.6 Å². The summed E-state index contributed by atoms with van der Waals surface area (Å²) in [5, 5.41) is 11.8. The number of anilines is 1. The van der Waals surface area contributed by atoms with Gasteiger partial charge in [-0.3, -0.25) is 0 Å². The average molecular weight is 296 g/mol. The minimum atomic E-state index is -3.68. The van der Waals surface area contributed by atoms with Crippen LogP contribution >= 0.6 is 0 Å². The van der Waals surface area contributed by atoms with Crippen molar-refractivity contribution in [2.75, 3.05) is 31.6 Å². The van der Waals surface area contributed by atoms with Crippen LogP contribution in [-0.4, -0.2) is 50.1 Å². The van der Waals surface area contributed by atoms with E-state index in [2.05, 4.69) is 10.3 Å². The number of rotatable bonds is 4. The summed E-state index contributed by atoms with van der Waals surface area (Å²) in [6, 6.07) is 5.03. The highest BCUT2D eigenvalue weighted by Gasteiger charge is 2.32. The Morgan fingerprint density at radius 1 is 1.65 bits per heavy atom. The molecule has 2 heterocycles. The van der Waals surface area contributed by atoms with E-state index in [-0.39, 0.29) is 24.6 Å². The van der Waals surface area contributed by atoms with Crippen molar-refractivity contribution in [1.82, 2.24) is 9.29 Å². The summed E-state index contributed by atoms with van der Waals surface area (Å²) in [6.45, 7) is 2.93. The molecule has 1 aromatic heterocycles. The van der Waals surface area contributed by atoms with Gasteiger partial charge in [-0.15, -0.1) is 0 Å². The Labute approximate surface area is 118 Å². The molecule has 1 unspecified atom stereocenters. The Morgan fingerprint density at radius 3 is 3.15 bits per heavy atom. The van der Waals surface area contributed by atoms with Crippen LogP contribution < -0.4 is 5.32 Å². The van der Waals surface area contributed by atoms with Crippen LogP contribution in [-0.2, 0) is 14.8 Å². The second-order valence-corrected chi connectivity index (χ2v) is 6.14. The number of ether oxygens (including phenoxy) is 1. The molecule has 0 aliphatic carbocycles. The van der Waals surface area contributed by atoms with Gasteiger partial charge in [-0.25, -0.2) is 13.4 Å². The predicted octanol–water partition coefficient (Wildman–Crippen LogP) is 0.426. The SMILES string of the molecule is CCNc1ncccc1S(=O)(=O)N1CCOC(C#N)C1. The molecule has 1 aliphatic rings. The van der Waals surface area contributed by atoms with Gasteiger partial charge in [-0.1, -0.05) is 0 Å². The van der Waals surface area contributed by atoms with Crippen molar-refractivity contribution in [1.29, 1.82) is 5.26 Å². The molecule has 0 saturated carbocycles. The molecule has 0 amide bonds. The Balaban J connectivity index is 2.33. The first-order valence-corrected chi connectivity index (χ1v) is 7.74. The fraction of sp³-hybridized carbons (Fsp3) is 0.500. The third-order valence-electron chi connectivity index (χ3n) is 2.91. The van der Waals surface area contributed by atoms with Gasteiger partial charge in [0.05, 0.1) is 19.2 Å². The molecule has 20 heavy (non-hydrogen) atoms. The molecule has 0 bridgehead atoms. The van der Waals surface area contributed by atoms with E-state index in [9.17, 15) is 8.42 Å². The van der Waals surface area contributed by atoms with E-state index in [0.29, 0.717) is 12.4 Å². The van der Waals surface area contributed by atoms with Gasteiger partial charge in [0.15, 0.2) is 6.10 Å².